The normalized spacial score (nSPS) is 13.5. The van der Waals surface area contributed by atoms with E-state index in [2.05, 4.69) is 4.98 Å². The van der Waals surface area contributed by atoms with Gasteiger partial charge >= 0.3 is 6.18 Å². The Morgan fingerprint density at radius 3 is 2.39 bits per heavy atom. The summed E-state index contributed by atoms with van der Waals surface area (Å²) in [7, 11) is 0. The molecule has 1 heterocycles. The number of rotatable bonds is 7. The number of allylic oxidation sites excluding steroid dienone is 1. The SMILES string of the molecule is C/C=C/c1cn(C(C)C(C)=Nc2ccccc2C(C)=O)c(Cc2ccc(C(F)(F)F)cc2)n1. The van der Waals surface area contributed by atoms with Gasteiger partial charge < -0.3 is 4.57 Å². The molecule has 3 rings (SSSR count). The number of hydrogen-bond donors (Lipinski definition) is 0. The fourth-order valence-electron chi connectivity index (χ4n) is 3.52. The summed E-state index contributed by atoms with van der Waals surface area (Å²) in [5.41, 5.74) is 2.74. The van der Waals surface area contributed by atoms with Crippen LogP contribution in [0.2, 0.25) is 0 Å². The molecule has 0 aliphatic heterocycles. The summed E-state index contributed by atoms with van der Waals surface area (Å²) < 4.78 is 40.7. The van der Waals surface area contributed by atoms with E-state index in [0.717, 1.165) is 29.1 Å². The number of para-hydroxylation sites is 1. The number of carbonyl (C=O) groups is 1. The van der Waals surface area contributed by atoms with Gasteiger partial charge in [0.1, 0.15) is 5.82 Å². The molecule has 3 aromatic rings. The van der Waals surface area contributed by atoms with E-state index in [-0.39, 0.29) is 11.8 Å². The number of halogens is 3. The standard InChI is InChI=1S/C26H26F3N3O/c1-5-8-22-16-32(18(3)17(2)30-24-10-7-6-9-23(24)19(4)33)25(31-22)15-20-11-13-21(14-12-20)26(27,28)29/h5-14,16,18H,15H2,1-4H3/b8-5+,30-17?. The summed E-state index contributed by atoms with van der Waals surface area (Å²) in [6.07, 6.45) is 1.66. The van der Waals surface area contributed by atoms with Crippen LogP contribution in [0.4, 0.5) is 18.9 Å². The van der Waals surface area contributed by atoms with Crippen molar-refractivity contribution < 1.29 is 18.0 Å². The quantitative estimate of drug-likeness (QED) is 0.283. The van der Waals surface area contributed by atoms with Crippen LogP contribution < -0.4 is 0 Å². The van der Waals surface area contributed by atoms with E-state index in [4.69, 9.17) is 4.99 Å². The fraction of sp³-hybridized carbons (Fsp3) is 0.269. The highest BCUT2D eigenvalue weighted by Gasteiger charge is 2.30. The molecular formula is C26H26F3N3O. The molecule has 0 fully saturated rings. The molecule has 4 nitrogen and oxygen atoms in total. The van der Waals surface area contributed by atoms with Crippen LogP contribution in [-0.2, 0) is 12.6 Å². The van der Waals surface area contributed by atoms with Crippen LogP contribution in [0, 0.1) is 0 Å². The predicted molar refractivity (Wildman–Crippen MR) is 125 cm³/mol. The summed E-state index contributed by atoms with van der Waals surface area (Å²) in [5.74, 6) is 0.653. The minimum atomic E-state index is -4.37. The van der Waals surface area contributed by atoms with E-state index >= 15 is 0 Å². The first-order valence-electron chi connectivity index (χ1n) is 10.6. The molecule has 0 radical (unpaired) electrons. The average Bonchev–Trinajstić information content (AvgIpc) is 3.15. The summed E-state index contributed by atoms with van der Waals surface area (Å²) in [6.45, 7) is 7.27. The lowest BCUT2D eigenvalue weighted by Crippen LogP contribution is -2.16. The van der Waals surface area contributed by atoms with Crippen molar-refractivity contribution in [2.45, 2.75) is 46.3 Å². The first-order chi connectivity index (χ1) is 15.6. The number of imidazole rings is 1. The second-order valence-corrected chi connectivity index (χ2v) is 7.86. The van der Waals surface area contributed by atoms with Gasteiger partial charge in [-0.25, -0.2) is 4.98 Å². The van der Waals surface area contributed by atoms with Crippen molar-refractivity contribution >= 4 is 23.3 Å². The number of nitrogens with zero attached hydrogens (tertiary/aromatic N) is 3. The molecule has 1 atom stereocenters. The fourth-order valence-corrected chi connectivity index (χ4v) is 3.52. The highest BCUT2D eigenvalue weighted by Crippen LogP contribution is 2.29. The van der Waals surface area contributed by atoms with Crippen molar-refractivity contribution in [3.63, 3.8) is 0 Å². The summed E-state index contributed by atoms with van der Waals surface area (Å²) in [4.78, 5) is 21.3. The van der Waals surface area contributed by atoms with Crippen LogP contribution in [0.1, 0.15) is 66.7 Å². The molecule has 0 aliphatic carbocycles. The van der Waals surface area contributed by atoms with Gasteiger partial charge in [0, 0.05) is 23.9 Å². The third-order valence-corrected chi connectivity index (χ3v) is 5.41. The van der Waals surface area contributed by atoms with Crippen LogP contribution in [-0.4, -0.2) is 21.0 Å². The number of alkyl halides is 3. The Morgan fingerprint density at radius 1 is 1.12 bits per heavy atom. The Hall–Kier alpha value is -3.48. The lowest BCUT2D eigenvalue weighted by molar-refractivity contribution is -0.137. The van der Waals surface area contributed by atoms with Crippen molar-refractivity contribution in [2.24, 2.45) is 4.99 Å². The lowest BCUT2D eigenvalue weighted by atomic mass is 10.1. The molecule has 0 bridgehead atoms. The van der Waals surface area contributed by atoms with Crippen molar-refractivity contribution in [2.75, 3.05) is 0 Å². The highest BCUT2D eigenvalue weighted by molar-refractivity contribution is 6.00. The van der Waals surface area contributed by atoms with Gasteiger partial charge in [-0.05, 0) is 63.6 Å². The molecule has 1 aromatic heterocycles. The number of hydrogen-bond acceptors (Lipinski definition) is 3. The van der Waals surface area contributed by atoms with Crippen molar-refractivity contribution in [3.05, 3.63) is 89.0 Å². The minimum Gasteiger partial charge on any atom is -0.326 e. The van der Waals surface area contributed by atoms with Gasteiger partial charge in [-0.2, -0.15) is 13.2 Å². The smallest absolute Gasteiger partial charge is 0.326 e. The highest BCUT2D eigenvalue weighted by atomic mass is 19.4. The topological polar surface area (TPSA) is 47.2 Å². The number of aromatic nitrogens is 2. The van der Waals surface area contributed by atoms with Gasteiger partial charge in [0.2, 0.25) is 0 Å². The third kappa shape index (κ3) is 5.86. The molecule has 0 saturated heterocycles. The molecule has 172 valence electrons. The van der Waals surface area contributed by atoms with Crippen molar-refractivity contribution in [1.82, 2.24) is 9.55 Å². The third-order valence-electron chi connectivity index (χ3n) is 5.41. The van der Waals surface area contributed by atoms with Crippen LogP contribution in [0.3, 0.4) is 0 Å². The Balaban J connectivity index is 1.95. The Kier molecular flexibility index (Phi) is 7.31. The zero-order valence-corrected chi connectivity index (χ0v) is 19.0. The molecule has 0 spiro atoms. The molecule has 33 heavy (non-hydrogen) atoms. The Labute approximate surface area is 191 Å². The summed E-state index contributed by atoms with van der Waals surface area (Å²) in [5, 5.41) is 0. The summed E-state index contributed by atoms with van der Waals surface area (Å²) >= 11 is 0. The molecule has 0 N–H and O–H groups in total. The van der Waals surface area contributed by atoms with Crippen LogP contribution >= 0.6 is 0 Å². The van der Waals surface area contributed by atoms with E-state index in [1.165, 1.54) is 19.1 Å². The van der Waals surface area contributed by atoms with Gasteiger partial charge in [0.05, 0.1) is 23.0 Å². The monoisotopic (exact) mass is 453 g/mol. The molecule has 0 aliphatic rings. The first kappa shape index (κ1) is 24.2. The van der Waals surface area contributed by atoms with Crippen molar-refractivity contribution in [1.29, 1.82) is 0 Å². The summed E-state index contributed by atoms with van der Waals surface area (Å²) in [6, 6.07) is 12.1. The minimum absolute atomic E-state index is 0.0594. The maximum atomic E-state index is 12.9. The number of ketones is 1. The van der Waals surface area contributed by atoms with Gasteiger partial charge in [-0.1, -0.05) is 30.3 Å². The molecule has 7 heteroatoms. The second-order valence-electron chi connectivity index (χ2n) is 7.86. The molecule has 0 amide bonds. The molecular weight excluding hydrogens is 427 g/mol. The predicted octanol–water partition coefficient (Wildman–Crippen LogP) is 7.08. The van der Waals surface area contributed by atoms with Gasteiger partial charge in [-0.3, -0.25) is 9.79 Å². The van der Waals surface area contributed by atoms with Gasteiger partial charge in [0.25, 0.3) is 0 Å². The second kappa shape index (κ2) is 9.98. The van der Waals surface area contributed by atoms with Crippen LogP contribution in [0.25, 0.3) is 6.08 Å². The van der Waals surface area contributed by atoms with E-state index in [0.29, 0.717) is 23.5 Å². The lowest BCUT2D eigenvalue weighted by Gasteiger charge is -2.17. The number of aliphatic imine (C=N–C) groups is 1. The number of carbonyl (C=O) groups excluding carboxylic acids is 1. The molecule has 1 unspecified atom stereocenters. The zero-order chi connectivity index (χ0) is 24.2. The molecule has 0 saturated carbocycles. The first-order valence-corrected chi connectivity index (χ1v) is 10.6. The van der Waals surface area contributed by atoms with E-state index in [1.807, 2.05) is 49.8 Å². The largest absolute Gasteiger partial charge is 0.416 e. The van der Waals surface area contributed by atoms with Gasteiger partial charge in [-0.15, -0.1) is 0 Å². The van der Waals surface area contributed by atoms with E-state index < -0.39 is 11.7 Å². The van der Waals surface area contributed by atoms with Crippen LogP contribution in [0.15, 0.2) is 65.8 Å². The maximum absolute atomic E-state index is 12.9. The zero-order valence-electron chi connectivity index (χ0n) is 19.0. The average molecular weight is 454 g/mol. The van der Waals surface area contributed by atoms with E-state index in [9.17, 15) is 18.0 Å². The maximum Gasteiger partial charge on any atom is 0.416 e. The van der Waals surface area contributed by atoms with Crippen molar-refractivity contribution in [3.8, 4) is 0 Å². The number of benzene rings is 2. The van der Waals surface area contributed by atoms with Gasteiger partial charge in [0.15, 0.2) is 5.78 Å². The van der Waals surface area contributed by atoms with E-state index in [1.54, 1.807) is 18.2 Å². The Morgan fingerprint density at radius 2 is 1.79 bits per heavy atom. The number of Topliss-reactive ketones (excluding diaryl/α,β-unsaturated/α-hetero) is 1. The molecule has 2 aromatic carbocycles. The Bertz CT molecular complexity index is 1190. The van der Waals surface area contributed by atoms with Crippen LogP contribution in [0.5, 0.6) is 0 Å².